The molecule has 4 saturated heterocycles. The topological polar surface area (TPSA) is 35.5 Å². The summed E-state index contributed by atoms with van der Waals surface area (Å²) < 4.78 is 0. The average molecular weight is 294 g/mol. The number of hydrogen-bond donors (Lipinski definition) is 2. The predicted molar refractivity (Wildman–Crippen MR) is 85.8 cm³/mol. The maximum Gasteiger partial charge on any atom is 0.0707 e. The molecular weight excluding hydrogens is 272 g/mol. The molecule has 0 aromatic heterocycles. The van der Waals surface area contributed by atoms with Crippen LogP contribution in [0.25, 0.3) is 0 Å². The van der Waals surface area contributed by atoms with Crippen LogP contribution >= 0.6 is 0 Å². The first-order valence-corrected chi connectivity index (χ1v) is 8.70. The molecule has 5 aliphatic heterocycles. The van der Waals surface area contributed by atoms with Crippen LogP contribution in [0.4, 0.5) is 5.69 Å². The van der Waals surface area contributed by atoms with E-state index in [1.54, 1.807) is 5.57 Å². The molecule has 22 heavy (non-hydrogen) atoms. The van der Waals surface area contributed by atoms with Gasteiger partial charge in [0.1, 0.15) is 0 Å². The highest BCUT2D eigenvalue weighted by molar-refractivity contribution is 5.65. The Morgan fingerprint density at radius 1 is 1.32 bits per heavy atom. The van der Waals surface area contributed by atoms with Crippen LogP contribution in [0.2, 0.25) is 0 Å². The number of nitrogens with one attached hydrogen (secondary N) is 1. The summed E-state index contributed by atoms with van der Waals surface area (Å²) in [6.45, 7) is 3.30. The van der Waals surface area contributed by atoms with Crippen LogP contribution < -0.4 is 5.32 Å². The number of hydrogen-bond acceptors (Lipinski definition) is 3. The second-order valence-electron chi connectivity index (χ2n) is 7.95. The van der Waals surface area contributed by atoms with Gasteiger partial charge >= 0.3 is 0 Å². The van der Waals surface area contributed by atoms with Crippen molar-refractivity contribution in [1.82, 2.24) is 4.90 Å². The van der Waals surface area contributed by atoms with Crippen molar-refractivity contribution in [3.8, 4) is 0 Å². The van der Waals surface area contributed by atoms with Gasteiger partial charge in [0.2, 0.25) is 0 Å². The number of nitrogens with zero attached hydrogens (tertiary/aromatic N) is 1. The van der Waals surface area contributed by atoms with Crippen LogP contribution in [0.3, 0.4) is 0 Å². The van der Waals surface area contributed by atoms with Crippen LogP contribution in [-0.4, -0.2) is 40.8 Å². The monoisotopic (exact) mass is 294 g/mol. The lowest BCUT2D eigenvalue weighted by atomic mass is 9.65. The van der Waals surface area contributed by atoms with Gasteiger partial charge in [0.05, 0.1) is 12.1 Å². The number of benzene rings is 1. The van der Waals surface area contributed by atoms with E-state index < -0.39 is 0 Å². The Kier molecular flexibility index (Phi) is 1.99. The smallest absolute Gasteiger partial charge is 0.0707 e. The Hall–Kier alpha value is -1.32. The third kappa shape index (κ3) is 1.05. The lowest BCUT2D eigenvalue weighted by Gasteiger charge is -2.57. The van der Waals surface area contributed by atoms with E-state index >= 15 is 0 Å². The van der Waals surface area contributed by atoms with Crippen LogP contribution in [0, 0.1) is 11.8 Å². The Bertz CT molecular complexity index is 713. The highest BCUT2D eigenvalue weighted by Gasteiger charge is 2.73. The van der Waals surface area contributed by atoms with Crippen LogP contribution in [0.5, 0.6) is 0 Å². The molecule has 5 fully saturated rings. The molecule has 1 spiro atoms. The summed E-state index contributed by atoms with van der Waals surface area (Å²) in [6, 6.07) is 10.3. The molecule has 1 saturated carbocycles. The van der Waals surface area contributed by atoms with Gasteiger partial charge < -0.3 is 10.4 Å². The number of anilines is 1. The minimum absolute atomic E-state index is 0.0367. The van der Waals surface area contributed by atoms with Gasteiger partial charge in [-0.25, -0.2) is 0 Å². The molecule has 7 rings (SSSR count). The number of rotatable bonds is 0. The van der Waals surface area contributed by atoms with Gasteiger partial charge in [0, 0.05) is 35.6 Å². The zero-order valence-corrected chi connectivity index (χ0v) is 12.9. The van der Waals surface area contributed by atoms with E-state index in [9.17, 15) is 5.11 Å². The SMILES string of the molecule is CC=C1CN2C3CC45c6ccccc6NC4C2CC1C3C5O. The third-order valence-corrected chi connectivity index (χ3v) is 7.59. The third-order valence-electron chi connectivity index (χ3n) is 7.59. The molecule has 0 amide bonds. The summed E-state index contributed by atoms with van der Waals surface area (Å²) in [7, 11) is 0. The quantitative estimate of drug-likeness (QED) is 0.720. The minimum Gasteiger partial charge on any atom is -0.392 e. The zero-order valence-electron chi connectivity index (χ0n) is 12.9. The Balaban J connectivity index is 1.60. The number of piperidine rings is 4. The maximum absolute atomic E-state index is 11.4. The van der Waals surface area contributed by atoms with E-state index in [0.29, 0.717) is 30.0 Å². The fraction of sp³-hybridized carbons (Fsp3) is 0.579. The van der Waals surface area contributed by atoms with E-state index in [1.807, 2.05) is 0 Å². The first kappa shape index (κ1) is 12.1. The minimum atomic E-state index is -0.200. The molecule has 8 atom stereocenters. The van der Waals surface area contributed by atoms with E-state index in [2.05, 4.69) is 47.5 Å². The van der Waals surface area contributed by atoms with Crippen molar-refractivity contribution >= 4 is 5.69 Å². The number of para-hydroxylation sites is 1. The molecule has 6 aliphatic rings. The Morgan fingerprint density at radius 2 is 2.18 bits per heavy atom. The molecule has 5 heterocycles. The van der Waals surface area contributed by atoms with Gasteiger partial charge in [0.25, 0.3) is 0 Å². The van der Waals surface area contributed by atoms with Crippen molar-refractivity contribution in [2.45, 2.75) is 49.4 Å². The molecule has 0 radical (unpaired) electrons. The molecule has 5 bridgehead atoms. The molecule has 3 nitrogen and oxygen atoms in total. The van der Waals surface area contributed by atoms with Crippen molar-refractivity contribution in [3.63, 3.8) is 0 Å². The number of aliphatic hydroxyl groups excluding tert-OH is 1. The molecule has 1 aliphatic carbocycles. The standard InChI is InChI=1S/C19H22N2O/c1-2-10-9-21-14-7-11(10)16-15(21)8-19(18(16)22)12-5-3-4-6-13(12)20-17(14)19/h2-6,11,14-18,20,22H,7-9H2,1H3. The first-order valence-electron chi connectivity index (χ1n) is 8.70. The molecular formula is C19H22N2O. The van der Waals surface area contributed by atoms with Gasteiger partial charge in [0.15, 0.2) is 0 Å². The van der Waals surface area contributed by atoms with Gasteiger partial charge in [-0.2, -0.15) is 0 Å². The number of aliphatic hydroxyl groups is 1. The van der Waals surface area contributed by atoms with Crippen LogP contribution in [0.15, 0.2) is 35.9 Å². The highest BCUT2D eigenvalue weighted by atomic mass is 16.3. The molecule has 2 N–H and O–H groups in total. The Labute approximate surface area is 131 Å². The average Bonchev–Trinajstić information content (AvgIpc) is 3.02. The van der Waals surface area contributed by atoms with Crippen molar-refractivity contribution in [2.24, 2.45) is 11.8 Å². The summed E-state index contributed by atoms with van der Waals surface area (Å²) in [6.07, 6.45) is 4.47. The number of fused-ring (bicyclic) bond motifs is 2. The summed E-state index contributed by atoms with van der Waals surface area (Å²) in [5.74, 6) is 1.05. The fourth-order valence-electron chi connectivity index (χ4n) is 6.87. The van der Waals surface area contributed by atoms with Gasteiger partial charge in [-0.15, -0.1) is 0 Å². The lowest BCUT2D eigenvalue weighted by Crippen LogP contribution is -2.66. The van der Waals surface area contributed by atoms with E-state index in [4.69, 9.17) is 0 Å². The van der Waals surface area contributed by atoms with Gasteiger partial charge in [-0.3, -0.25) is 4.90 Å². The normalized spacial score (nSPS) is 54.5. The molecule has 3 heteroatoms. The second kappa shape index (κ2) is 3.60. The maximum atomic E-state index is 11.4. The second-order valence-corrected chi connectivity index (χ2v) is 7.95. The fourth-order valence-corrected chi connectivity index (χ4v) is 6.87. The summed E-state index contributed by atoms with van der Waals surface area (Å²) >= 11 is 0. The largest absolute Gasteiger partial charge is 0.392 e. The first-order chi connectivity index (χ1) is 10.8. The lowest BCUT2D eigenvalue weighted by molar-refractivity contribution is -0.0318. The van der Waals surface area contributed by atoms with Gasteiger partial charge in [-0.1, -0.05) is 29.8 Å². The van der Waals surface area contributed by atoms with Gasteiger partial charge in [-0.05, 0) is 37.3 Å². The van der Waals surface area contributed by atoms with Crippen LogP contribution in [0.1, 0.15) is 25.3 Å². The van der Waals surface area contributed by atoms with E-state index in [1.165, 1.54) is 17.7 Å². The summed E-state index contributed by atoms with van der Waals surface area (Å²) in [5.41, 5.74) is 4.18. The van der Waals surface area contributed by atoms with Crippen molar-refractivity contribution < 1.29 is 5.11 Å². The van der Waals surface area contributed by atoms with Crippen molar-refractivity contribution in [1.29, 1.82) is 0 Å². The molecule has 114 valence electrons. The summed E-state index contributed by atoms with van der Waals surface area (Å²) in [5, 5.41) is 15.2. The Morgan fingerprint density at radius 3 is 3.05 bits per heavy atom. The van der Waals surface area contributed by atoms with Crippen molar-refractivity contribution in [2.75, 3.05) is 11.9 Å². The highest BCUT2D eigenvalue weighted by Crippen LogP contribution is 2.66. The molecule has 8 unspecified atom stereocenters. The summed E-state index contributed by atoms with van der Waals surface area (Å²) in [4.78, 5) is 2.72. The van der Waals surface area contributed by atoms with E-state index in [0.717, 1.165) is 13.0 Å². The zero-order chi connectivity index (χ0) is 14.6. The van der Waals surface area contributed by atoms with Crippen LogP contribution in [-0.2, 0) is 5.41 Å². The van der Waals surface area contributed by atoms with Crippen molar-refractivity contribution in [3.05, 3.63) is 41.5 Å². The molecule has 1 aromatic rings. The number of allylic oxidation sites excluding steroid dienone is 1. The molecule has 1 aromatic carbocycles. The predicted octanol–water partition coefficient (Wildman–Crippen LogP) is 2.13. The van der Waals surface area contributed by atoms with E-state index in [-0.39, 0.29) is 11.5 Å².